The molecule has 0 radical (unpaired) electrons. The largest absolute Gasteiger partial charge is 0.476 e. The number of nitrogens with one attached hydrogen (secondary N) is 2. The van der Waals surface area contributed by atoms with Gasteiger partial charge in [-0.15, -0.1) is 0 Å². The lowest BCUT2D eigenvalue weighted by atomic mass is 10.3. The molecule has 102 valence electrons. The average molecular weight is 292 g/mol. The number of halogens is 1. The fourth-order valence-corrected chi connectivity index (χ4v) is 1.72. The van der Waals surface area contributed by atoms with Crippen molar-refractivity contribution in [1.82, 2.24) is 4.98 Å². The molecular weight excluding hydrogens is 282 g/mol. The van der Waals surface area contributed by atoms with Crippen LogP contribution in [0.3, 0.4) is 0 Å². The number of carbonyl (C=O) groups excluding carboxylic acids is 1. The van der Waals surface area contributed by atoms with Crippen LogP contribution in [0.5, 0.6) is 0 Å². The minimum Gasteiger partial charge on any atom is -0.476 e. The molecule has 0 aliphatic rings. The molecule has 2 amide bonds. The van der Waals surface area contributed by atoms with Gasteiger partial charge in [-0.2, -0.15) is 0 Å². The predicted molar refractivity (Wildman–Crippen MR) is 75.3 cm³/mol. The Balaban J connectivity index is 2.11. The Kier molecular flexibility index (Phi) is 4.17. The van der Waals surface area contributed by atoms with Gasteiger partial charge in [0.1, 0.15) is 0 Å². The zero-order valence-electron chi connectivity index (χ0n) is 10.1. The lowest BCUT2D eigenvalue weighted by Crippen LogP contribution is -2.21. The number of anilines is 2. The van der Waals surface area contributed by atoms with E-state index in [0.717, 1.165) is 0 Å². The normalized spacial score (nSPS) is 9.85. The first-order chi connectivity index (χ1) is 9.56. The summed E-state index contributed by atoms with van der Waals surface area (Å²) in [5.41, 5.74) is 0.379. The summed E-state index contributed by atoms with van der Waals surface area (Å²) in [5, 5.41) is 14.4. The van der Waals surface area contributed by atoms with Crippen LogP contribution < -0.4 is 10.6 Å². The quantitative estimate of drug-likeness (QED) is 0.810. The zero-order valence-corrected chi connectivity index (χ0v) is 10.9. The van der Waals surface area contributed by atoms with E-state index in [-0.39, 0.29) is 11.4 Å². The van der Waals surface area contributed by atoms with Gasteiger partial charge < -0.3 is 15.7 Å². The van der Waals surface area contributed by atoms with Gasteiger partial charge in [-0.3, -0.25) is 0 Å². The van der Waals surface area contributed by atoms with Gasteiger partial charge in [0.15, 0.2) is 5.69 Å². The lowest BCUT2D eigenvalue weighted by Gasteiger charge is -2.09. The van der Waals surface area contributed by atoms with Crippen molar-refractivity contribution in [3.63, 3.8) is 0 Å². The predicted octanol–water partition coefficient (Wildman–Crippen LogP) is 3.08. The highest BCUT2D eigenvalue weighted by atomic mass is 35.5. The highest BCUT2D eigenvalue weighted by Crippen LogP contribution is 2.16. The van der Waals surface area contributed by atoms with E-state index in [0.29, 0.717) is 10.7 Å². The summed E-state index contributed by atoms with van der Waals surface area (Å²) < 4.78 is 0. The van der Waals surface area contributed by atoms with Crippen LogP contribution in [-0.4, -0.2) is 22.1 Å². The molecule has 0 aliphatic carbocycles. The number of hydrogen-bond acceptors (Lipinski definition) is 3. The molecule has 20 heavy (non-hydrogen) atoms. The highest BCUT2D eigenvalue weighted by molar-refractivity contribution is 6.30. The number of benzene rings is 1. The molecule has 7 heteroatoms. The molecule has 1 aromatic carbocycles. The third kappa shape index (κ3) is 3.46. The molecule has 6 nitrogen and oxygen atoms in total. The van der Waals surface area contributed by atoms with Gasteiger partial charge in [0.2, 0.25) is 0 Å². The van der Waals surface area contributed by atoms with E-state index in [4.69, 9.17) is 16.7 Å². The molecule has 0 spiro atoms. The van der Waals surface area contributed by atoms with E-state index in [1.54, 1.807) is 24.3 Å². The maximum atomic E-state index is 11.8. The van der Waals surface area contributed by atoms with E-state index in [9.17, 15) is 9.59 Å². The van der Waals surface area contributed by atoms with E-state index in [1.807, 2.05) is 0 Å². The first kappa shape index (κ1) is 13.8. The first-order valence-electron chi connectivity index (χ1n) is 5.58. The molecule has 0 fully saturated rings. The summed E-state index contributed by atoms with van der Waals surface area (Å²) in [7, 11) is 0. The molecule has 0 saturated heterocycles. The number of hydrogen-bond donors (Lipinski definition) is 3. The van der Waals surface area contributed by atoms with Gasteiger partial charge in [0.25, 0.3) is 0 Å². The Bertz CT molecular complexity index is 661. The summed E-state index contributed by atoms with van der Waals surface area (Å²) in [4.78, 5) is 26.4. The van der Waals surface area contributed by atoms with Gasteiger partial charge >= 0.3 is 12.0 Å². The second kappa shape index (κ2) is 6.03. The van der Waals surface area contributed by atoms with Crippen LogP contribution in [0.4, 0.5) is 16.2 Å². The molecule has 0 aliphatic heterocycles. The molecular formula is C13H10ClN3O3. The summed E-state index contributed by atoms with van der Waals surface area (Å²) in [6.07, 6.45) is 1.34. The van der Waals surface area contributed by atoms with Gasteiger partial charge in [0, 0.05) is 16.9 Å². The summed E-state index contributed by atoms with van der Waals surface area (Å²) >= 11 is 5.80. The SMILES string of the molecule is O=C(Nc1cccc(Cl)c1)Nc1cccnc1C(=O)O. The molecule has 2 rings (SSSR count). The number of rotatable bonds is 3. The Hall–Kier alpha value is -2.60. The van der Waals surface area contributed by atoms with Crippen LogP contribution in [0.25, 0.3) is 0 Å². The van der Waals surface area contributed by atoms with E-state index in [2.05, 4.69) is 15.6 Å². The van der Waals surface area contributed by atoms with Crippen molar-refractivity contribution < 1.29 is 14.7 Å². The van der Waals surface area contributed by atoms with Gasteiger partial charge in [-0.1, -0.05) is 17.7 Å². The Labute approximate surface area is 119 Å². The summed E-state index contributed by atoms with van der Waals surface area (Å²) in [6, 6.07) is 8.99. The number of pyridine rings is 1. The third-order valence-electron chi connectivity index (χ3n) is 2.34. The molecule has 0 bridgehead atoms. The second-order valence-corrected chi connectivity index (χ2v) is 4.23. The molecule has 0 atom stereocenters. The number of carboxylic acid groups (broad SMARTS) is 1. The van der Waals surface area contributed by atoms with Crippen molar-refractivity contribution in [2.45, 2.75) is 0 Å². The van der Waals surface area contributed by atoms with Crippen LogP contribution in [0.15, 0.2) is 42.6 Å². The third-order valence-corrected chi connectivity index (χ3v) is 2.58. The molecule has 1 aromatic heterocycles. The Morgan fingerprint density at radius 2 is 1.95 bits per heavy atom. The standard InChI is InChI=1S/C13H10ClN3O3/c14-8-3-1-4-9(7-8)16-13(20)17-10-5-2-6-15-11(10)12(18)19/h1-7H,(H,18,19)(H2,16,17,20). The van der Waals surface area contributed by atoms with Crippen molar-refractivity contribution >= 4 is 35.0 Å². The van der Waals surface area contributed by atoms with Crippen LogP contribution in [0, 0.1) is 0 Å². The molecule has 2 aromatic rings. The smallest absolute Gasteiger partial charge is 0.356 e. The van der Waals surface area contributed by atoms with E-state index < -0.39 is 12.0 Å². The van der Waals surface area contributed by atoms with E-state index >= 15 is 0 Å². The minimum absolute atomic E-state index is 0.111. The van der Waals surface area contributed by atoms with Crippen molar-refractivity contribution in [2.75, 3.05) is 10.6 Å². The maximum absolute atomic E-state index is 11.8. The van der Waals surface area contributed by atoms with Crippen molar-refractivity contribution in [3.05, 3.63) is 53.3 Å². The van der Waals surface area contributed by atoms with Crippen molar-refractivity contribution in [3.8, 4) is 0 Å². The monoisotopic (exact) mass is 291 g/mol. The average Bonchev–Trinajstić information content (AvgIpc) is 2.38. The maximum Gasteiger partial charge on any atom is 0.356 e. The first-order valence-corrected chi connectivity index (χ1v) is 5.96. The number of carboxylic acids is 1. The topological polar surface area (TPSA) is 91.3 Å². The minimum atomic E-state index is -1.22. The van der Waals surface area contributed by atoms with Crippen molar-refractivity contribution in [2.24, 2.45) is 0 Å². The fourth-order valence-electron chi connectivity index (χ4n) is 1.53. The van der Waals surface area contributed by atoms with Crippen LogP contribution in [-0.2, 0) is 0 Å². The molecule has 1 heterocycles. The Morgan fingerprint density at radius 1 is 1.15 bits per heavy atom. The van der Waals surface area contributed by atoms with Crippen LogP contribution >= 0.6 is 11.6 Å². The number of carbonyl (C=O) groups is 2. The molecule has 3 N–H and O–H groups in total. The number of amides is 2. The number of aromatic carboxylic acids is 1. The van der Waals surface area contributed by atoms with Crippen LogP contribution in [0.2, 0.25) is 5.02 Å². The van der Waals surface area contributed by atoms with Gasteiger partial charge in [-0.05, 0) is 30.3 Å². The second-order valence-electron chi connectivity index (χ2n) is 3.79. The highest BCUT2D eigenvalue weighted by Gasteiger charge is 2.13. The van der Waals surface area contributed by atoms with Crippen LogP contribution in [0.1, 0.15) is 10.5 Å². The Morgan fingerprint density at radius 3 is 2.65 bits per heavy atom. The fraction of sp³-hybridized carbons (Fsp3) is 0. The molecule has 0 unspecified atom stereocenters. The lowest BCUT2D eigenvalue weighted by molar-refractivity contribution is 0.0692. The van der Waals surface area contributed by atoms with Crippen molar-refractivity contribution in [1.29, 1.82) is 0 Å². The summed E-state index contributed by atoms with van der Waals surface area (Å²) in [6.45, 7) is 0. The number of aromatic nitrogens is 1. The molecule has 0 saturated carbocycles. The number of nitrogens with zero attached hydrogens (tertiary/aromatic N) is 1. The van der Waals surface area contributed by atoms with E-state index in [1.165, 1.54) is 18.3 Å². The summed E-state index contributed by atoms with van der Waals surface area (Å²) in [5.74, 6) is -1.22. The zero-order chi connectivity index (χ0) is 14.5. The van der Waals surface area contributed by atoms with Gasteiger partial charge in [-0.25, -0.2) is 14.6 Å². The van der Waals surface area contributed by atoms with Gasteiger partial charge in [0.05, 0.1) is 5.69 Å². The number of urea groups is 1.